The average molecular weight is 206 g/mol. The van der Waals surface area contributed by atoms with Crippen molar-refractivity contribution < 1.29 is 0 Å². The molecule has 7 atom stereocenters. The first kappa shape index (κ1) is 10.2. The number of rotatable bonds is 1. The standard InChI is InChI=1S/C15H26/c1-8(2)13-12-7-10(4)11-6-5-9(3)14(11)15(12)13/h8-15H,5-7H2,1-4H3. The van der Waals surface area contributed by atoms with Crippen molar-refractivity contribution in [3.05, 3.63) is 0 Å². The van der Waals surface area contributed by atoms with Gasteiger partial charge in [-0.15, -0.1) is 0 Å². The second-order valence-corrected chi connectivity index (χ2v) is 7.07. The van der Waals surface area contributed by atoms with Crippen LogP contribution in [0.2, 0.25) is 0 Å². The molecular weight excluding hydrogens is 180 g/mol. The summed E-state index contributed by atoms with van der Waals surface area (Å²) in [5.41, 5.74) is 0. The van der Waals surface area contributed by atoms with E-state index in [0.717, 1.165) is 47.3 Å². The fourth-order valence-corrected chi connectivity index (χ4v) is 5.42. The summed E-state index contributed by atoms with van der Waals surface area (Å²) < 4.78 is 0. The van der Waals surface area contributed by atoms with Crippen LogP contribution in [-0.4, -0.2) is 0 Å². The lowest BCUT2D eigenvalue weighted by Gasteiger charge is -2.33. The molecular formula is C15H26. The molecule has 0 nitrogen and oxygen atoms in total. The first-order valence-corrected chi connectivity index (χ1v) is 7.11. The smallest absolute Gasteiger partial charge is 0.0316 e. The van der Waals surface area contributed by atoms with Crippen molar-refractivity contribution in [3.63, 3.8) is 0 Å². The molecule has 0 aliphatic heterocycles. The molecule has 3 aliphatic rings. The molecule has 86 valence electrons. The van der Waals surface area contributed by atoms with Crippen LogP contribution in [0.5, 0.6) is 0 Å². The van der Waals surface area contributed by atoms with Crippen molar-refractivity contribution in [2.75, 3.05) is 0 Å². The molecule has 7 unspecified atom stereocenters. The fourth-order valence-electron chi connectivity index (χ4n) is 5.42. The second kappa shape index (κ2) is 3.25. The van der Waals surface area contributed by atoms with Gasteiger partial charge in [-0.2, -0.15) is 0 Å². The molecule has 3 fully saturated rings. The minimum absolute atomic E-state index is 0.943. The summed E-state index contributed by atoms with van der Waals surface area (Å²) in [6, 6.07) is 0. The minimum atomic E-state index is 0.943. The van der Waals surface area contributed by atoms with Gasteiger partial charge in [-0.25, -0.2) is 0 Å². The predicted octanol–water partition coefficient (Wildman–Crippen LogP) is 4.21. The summed E-state index contributed by atoms with van der Waals surface area (Å²) in [4.78, 5) is 0. The Morgan fingerprint density at radius 1 is 0.867 bits per heavy atom. The van der Waals surface area contributed by atoms with Crippen molar-refractivity contribution >= 4 is 0 Å². The highest BCUT2D eigenvalue weighted by molar-refractivity contribution is 5.10. The van der Waals surface area contributed by atoms with Crippen LogP contribution in [0, 0.1) is 47.3 Å². The SMILES string of the molecule is CC(C)C1C2CC(C)C3CCC(C)C3C21. The fraction of sp³-hybridized carbons (Fsp3) is 1.00. The normalized spacial score (nSPS) is 57.8. The summed E-state index contributed by atoms with van der Waals surface area (Å²) in [6.07, 6.45) is 4.62. The molecule has 3 aliphatic carbocycles. The van der Waals surface area contributed by atoms with Gasteiger partial charge >= 0.3 is 0 Å². The molecule has 0 saturated heterocycles. The average Bonchev–Trinajstić information content (AvgIpc) is 2.74. The van der Waals surface area contributed by atoms with Gasteiger partial charge in [0, 0.05) is 0 Å². The number of hydrogen-bond donors (Lipinski definition) is 0. The highest BCUT2D eigenvalue weighted by atomic mass is 14.7. The van der Waals surface area contributed by atoms with E-state index < -0.39 is 0 Å². The highest BCUT2D eigenvalue weighted by Gasteiger charge is 2.62. The molecule has 0 heterocycles. The van der Waals surface area contributed by atoms with Crippen molar-refractivity contribution in [3.8, 4) is 0 Å². The molecule has 0 aromatic heterocycles. The zero-order valence-electron chi connectivity index (χ0n) is 10.7. The van der Waals surface area contributed by atoms with Gasteiger partial charge in [-0.1, -0.05) is 34.1 Å². The van der Waals surface area contributed by atoms with Crippen LogP contribution in [0.25, 0.3) is 0 Å². The third-order valence-electron chi connectivity index (χ3n) is 5.99. The summed E-state index contributed by atoms with van der Waals surface area (Å²) >= 11 is 0. The monoisotopic (exact) mass is 206 g/mol. The first-order valence-electron chi connectivity index (χ1n) is 7.11. The van der Waals surface area contributed by atoms with Crippen molar-refractivity contribution in [1.82, 2.24) is 0 Å². The van der Waals surface area contributed by atoms with Gasteiger partial charge in [-0.3, -0.25) is 0 Å². The van der Waals surface area contributed by atoms with Gasteiger partial charge in [0.1, 0.15) is 0 Å². The lowest BCUT2D eigenvalue weighted by molar-refractivity contribution is 0.157. The molecule has 0 amide bonds. The van der Waals surface area contributed by atoms with Gasteiger partial charge in [0.25, 0.3) is 0 Å². The number of fused-ring (bicyclic) bond motifs is 3. The van der Waals surface area contributed by atoms with Gasteiger partial charge in [0.15, 0.2) is 0 Å². The number of hydrogen-bond acceptors (Lipinski definition) is 0. The molecule has 3 rings (SSSR count). The Balaban J connectivity index is 1.83. The Morgan fingerprint density at radius 2 is 1.60 bits per heavy atom. The zero-order chi connectivity index (χ0) is 10.7. The van der Waals surface area contributed by atoms with Crippen molar-refractivity contribution in [1.29, 1.82) is 0 Å². The molecule has 0 aromatic carbocycles. The third-order valence-corrected chi connectivity index (χ3v) is 5.99. The highest BCUT2D eigenvalue weighted by Crippen LogP contribution is 2.68. The van der Waals surface area contributed by atoms with E-state index in [0.29, 0.717) is 0 Å². The van der Waals surface area contributed by atoms with Crippen LogP contribution < -0.4 is 0 Å². The van der Waals surface area contributed by atoms with Crippen LogP contribution in [0.15, 0.2) is 0 Å². The molecule has 0 bridgehead atoms. The maximum Gasteiger partial charge on any atom is -0.0316 e. The topological polar surface area (TPSA) is 0 Å². The molecule has 0 N–H and O–H groups in total. The quantitative estimate of drug-likeness (QED) is 0.603. The Bertz CT molecular complexity index is 255. The molecule has 0 aromatic rings. The van der Waals surface area contributed by atoms with E-state index in [-0.39, 0.29) is 0 Å². The van der Waals surface area contributed by atoms with E-state index in [1.807, 2.05) is 0 Å². The second-order valence-electron chi connectivity index (χ2n) is 7.07. The van der Waals surface area contributed by atoms with E-state index in [4.69, 9.17) is 0 Å². The van der Waals surface area contributed by atoms with Crippen LogP contribution in [0.4, 0.5) is 0 Å². The Kier molecular flexibility index (Phi) is 2.20. The van der Waals surface area contributed by atoms with Gasteiger partial charge in [0.05, 0.1) is 0 Å². The largest absolute Gasteiger partial charge is 0.0625 e. The molecule has 0 radical (unpaired) electrons. The van der Waals surface area contributed by atoms with E-state index in [9.17, 15) is 0 Å². The first-order chi connectivity index (χ1) is 7.11. The molecule has 15 heavy (non-hydrogen) atoms. The zero-order valence-corrected chi connectivity index (χ0v) is 10.7. The third kappa shape index (κ3) is 1.33. The van der Waals surface area contributed by atoms with Gasteiger partial charge in [0.2, 0.25) is 0 Å². The summed E-state index contributed by atoms with van der Waals surface area (Å²) in [7, 11) is 0. The van der Waals surface area contributed by atoms with Crippen LogP contribution in [0.1, 0.15) is 47.0 Å². The Hall–Kier alpha value is 0. The maximum absolute atomic E-state index is 2.53. The predicted molar refractivity (Wildman–Crippen MR) is 64.5 cm³/mol. The van der Waals surface area contributed by atoms with E-state index >= 15 is 0 Å². The van der Waals surface area contributed by atoms with Gasteiger partial charge in [-0.05, 0) is 60.2 Å². The Labute approximate surface area is 94.8 Å². The van der Waals surface area contributed by atoms with Gasteiger partial charge < -0.3 is 0 Å². The van der Waals surface area contributed by atoms with Crippen LogP contribution in [-0.2, 0) is 0 Å². The molecule has 0 heteroatoms. The van der Waals surface area contributed by atoms with E-state index in [2.05, 4.69) is 27.7 Å². The Morgan fingerprint density at radius 3 is 2.27 bits per heavy atom. The van der Waals surface area contributed by atoms with Crippen molar-refractivity contribution in [2.24, 2.45) is 47.3 Å². The van der Waals surface area contributed by atoms with Crippen molar-refractivity contribution in [2.45, 2.75) is 47.0 Å². The maximum atomic E-state index is 2.53. The molecule has 0 spiro atoms. The van der Waals surface area contributed by atoms with Crippen LogP contribution in [0.3, 0.4) is 0 Å². The lowest BCUT2D eigenvalue weighted by Crippen LogP contribution is -2.27. The van der Waals surface area contributed by atoms with E-state index in [1.165, 1.54) is 6.42 Å². The summed E-state index contributed by atoms with van der Waals surface area (Å²) in [5.74, 6) is 8.60. The molecule has 3 saturated carbocycles. The lowest BCUT2D eigenvalue weighted by atomic mass is 9.72. The summed E-state index contributed by atoms with van der Waals surface area (Å²) in [5, 5.41) is 0. The summed E-state index contributed by atoms with van der Waals surface area (Å²) in [6.45, 7) is 9.95. The van der Waals surface area contributed by atoms with E-state index in [1.54, 1.807) is 12.8 Å². The van der Waals surface area contributed by atoms with Crippen LogP contribution >= 0.6 is 0 Å². The minimum Gasteiger partial charge on any atom is -0.0625 e.